The van der Waals surface area contributed by atoms with E-state index in [0.717, 1.165) is 56.5 Å². The third-order valence-corrected chi connectivity index (χ3v) is 10.2. The van der Waals surface area contributed by atoms with Crippen LogP contribution in [0.25, 0.3) is 32.8 Å². The number of morpholine rings is 1. The number of piperazine rings is 1. The maximum atomic E-state index is 16.8. The average Bonchev–Trinajstić information content (AvgIpc) is 3.45. The van der Waals surface area contributed by atoms with E-state index in [1.807, 2.05) is 24.3 Å². The number of aromatic nitrogens is 2. The highest BCUT2D eigenvalue weighted by Gasteiger charge is 2.38. The third-order valence-electron chi connectivity index (χ3n) is 9.89. The van der Waals surface area contributed by atoms with Crippen LogP contribution in [0.5, 0.6) is 11.8 Å². The Balaban J connectivity index is 1.18. The van der Waals surface area contributed by atoms with E-state index >= 15 is 4.39 Å². The summed E-state index contributed by atoms with van der Waals surface area (Å²) in [5, 5.41) is 16.6. The van der Waals surface area contributed by atoms with Gasteiger partial charge in [-0.1, -0.05) is 42.8 Å². The van der Waals surface area contributed by atoms with Crippen LogP contribution in [0.3, 0.4) is 0 Å². The molecule has 4 unspecified atom stereocenters. The molecule has 4 aliphatic rings. The Morgan fingerprint density at radius 2 is 1.80 bits per heavy atom. The van der Waals surface area contributed by atoms with Gasteiger partial charge in [0.2, 0.25) is 0 Å². The highest BCUT2D eigenvalue weighted by molar-refractivity contribution is 6.35. The van der Waals surface area contributed by atoms with Gasteiger partial charge < -0.3 is 24.8 Å². The van der Waals surface area contributed by atoms with Crippen LogP contribution in [0.15, 0.2) is 42.5 Å². The number of anilines is 1. The fraction of sp³-hybridized carbons (Fsp3) is 0.471. The SMILES string of the molecule is C[C@@H](COc1nc(N2CC3CCC(C2)N3)c2cc(Cl)c(-c3cc(O)cc4ccccc34)c(F)c2n1)CN1C2CCC1COC2. The zero-order valence-electron chi connectivity index (χ0n) is 24.8. The average molecular weight is 618 g/mol. The van der Waals surface area contributed by atoms with E-state index in [2.05, 4.69) is 27.0 Å². The second-order valence-electron chi connectivity index (χ2n) is 13.1. The molecule has 8 nitrogen and oxygen atoms in total. The lowest BCUT2D eigenvalue weighted by molar-refractivity contribution is -0.0229. The normalized spacial score (nSPS) is 25.7. The molecule has 4 fully saturated rings. The number of rotatable bonds is 7. The van der Waals surface area contributed by atoms with Crippen molar-refractivity contribution in [1.29, 1.82) is 0 Å². The van der Waals surface area contributed by atoms with Crippen LogP contribution in [0, 0.1) is 11.7 Å². The largest absolute Gasteiger partial charge is 0.508 e. The number of fused-ring (bicyclic) bond motifs is 6. The van der Waals surface area contributed by atoms with Crippen LogP contribution in [0.1, 0.15) is 32.6 Å². The van der Waals surface area contributed by atoms with Crippen molar-refractivity contribution in [2.45, 2.75) is 56.8 Å². The Morgan fingerprint density at radius 1 is 1.05 bits per heavy atom. The quantitative estimate of drug-likeness (QED) is 0.271. The van der Waals surface area contributed by atoms with E-state index in [0.29, 0.717) is 47.5 Å². The molecule has 4 saturated heterocycles. The summed E-state index contributed by atoms with van der Waals surface area (Å²) < 4.78 is 28.8. The summed E-state index contributed by atoms with van der Waals surface area (Å²) >= 11 is 6.89. The smallest absolute Gasteiger partial charge is 0.319 e. The number of nitrogens with zero attached hydrogens (tertiary/aromatic N) is 4. The zero-order chi connectivity index (χ0) is 29.9. The Hall–Kier alpha value is -3.24. The Morgan fingerprint density at radius 3 is 2.57 bits per heavy atom. The highest BCUT2D eigenvalue weighted by atomic mass is 35.5. The van der Waals surface area contributed by atoms with Crippen LogP contribution < -0.4 is 15.0 Å². The molecule has 44 heavy (non-hydrogen) atoms. The van der Waals surface area contributed by atoms with Gasteiger partial charge in [0.1, 0.15) is 17.1 Å². The Labute approximate surface area is 261 Å². The number of aromatic hydroxyl groups is 1. The third kappa shape index (κ3) is 5.04. The van der Waals surface area contributed by atoms with Crippen molar-refractivity contribution in [3.05, 3.63) is 53.3 Å². The first kappa shape index (κ1) is 28.2. The first-order valence-corrected chi connectivity index (χ1v) is 16.2. The maximum absolute atomic E-state index is 16.8. The fourth-order valence-electron chi connectivity index (χ4n) is 7.82. The van der Waals surface area contributed by atoms with Crippen LogP contribution in [-0.4, -0.2) is 83.6 Å². The second-order valence-corrected chi connectivity index (χ2v) is 13.5. The van der Waals surface area contributed by atoms with Crippen molar-refractivity contribution < 1.29 is 19.0 Å². The van der Waals surface area contributed by atoms with E-state index in [-0.39, 0.29) is 33.8 Å². The standard InChI is InChI=1S/C34H37ClFN5O3/c1-19(13-41-23-8-9-24(41)18-43-17-23)16-44-34-38-32-28(33(39-34)40-14-21-6-7-22(15-40)37-21)12-29(35)30(31(32)36)27-11-25(42)10-20-4-2-3-5-26(20)27/h2-5,10-12,19,21-24,37,42H,6-9,13-18H2,1H3/t19-,21?,22?,23?,24?/m1/s1. The predicted molar refractivity (Wildman–Crippen MR) is 170 cm³/mol. The molecule has 0 spiro atoms. The van der Waals surface area contributed by atoms with E-state index in [1.165, 1.54) is 12.8 Å². The van der Waals surface area contributed by atoms with Crippen LogP contribution in [0.4, 0.5) is 10.2 Å². The molecule has 8 rings (SSSR count). The Kier molecular flexibility index (Phi) is 7.24. The number of halogens is 2. The lowest BCUT2D eigenvalue weighted by atomic mass is 9.96. The lowest BCUT2D eigenvalue weighted by Crippen LogP contribution is -2.51. The van der Waals surface area contributed by atoms with Crippen molar-refractivity contribution in [1.82, 2.24) is 20.2 Å². The molecule has 0 amide bonds. The van der Waals surface area contributed by atoms with Gasteiger partial charge in [-0.05, 0) is 60.2 Å². The summed E-state index contributed by atoms with van der Waals surface area (Å²) in [6.07, 6.45) is 4.58. The van der Waals surface area contributed by atoms with Crippen molar-refractivity contribution in [3.63, 3.8) is 0 Å². The fourth-order valence-corrected chi connectivity index (χ4v) is 8.12. The monoisotopic (exact) mass is 617 g/mol. The van der Waals surface area contributed by atoms with E-state index in [9.17, 15) is 5.11 Å². The van der Waals surface area contributed by atoms with Gasteiger partial charge in [0, 0.05) is 60.7 Å². The zero-order valence-corrected chi connectivity index (χ0v) is 25.6. The molecule has 0 saturated carbocycles. The molecule has 230 valence electrons. The van der Waals surface area contributed by atoms with Crippen molar-refractivity contribution in [3.8, 4) is 22.9 Å². The van der Waals surface area contributed by atoms with Crippen LogP contribution in [0.2, 0.25) is 5.02 Å². The van der Waals surface area contributed by atoms with Gasteiger partial charge in [0.15, 0.2) is 5.82 Å². The van der Waals surface area contributed by atoms with Crippen LogP contribution >= 0.6 is 11.6 Å². The number of phenols is 1. The first-order valence-electron chi connectivity index (χ1n) is 15.8. The highest BCUT2D eigenvalue weighted by Crippen LogP contribution is 2.43. The minimum Gasteiger partial charge on any atom is -0.508 e. The minimum absolute atomic E-state index is 0.0423. The van der Waals surface area contributed by atoms with E-state index in [4.69, 9.17) is 26.1 Å². The number of ether oxygens (including phenoxy) is 2. The number of hydrogen-bond donors (Lipinski definition) is 2. The molecular weight excluding hydrogens is 581 g/mol. The topological polar surface area (TPSA) is 83.0 Å². The van der Waals surface area contributed by atoms with Gasteiger partial charge >= 0.3 is 6.01 Å². The summed E-state index contributed by atoms with van der Waals surface area (Å²) in [6, 6.07) is 14.4. The summed E-state index contributed by atoms with van der Waals surface area (Å²) in [7, 11) is 0. The number of nitrogens with one attached hydrogen (secondary N) is 1. The molecule has 0 aliphatic carbocycles. The van der Waals surface area contributed by atoms with Gasteiger partial charge in [0.25, 0.3) is 0 Å². The summed E-state index contributed by atoms with van der Waals surface area (Å²) in [6.45, 7) is 6.66. The minimum atomic E-state index is -0.548. The molecule has 5 heterocycles. The van der Waals surface area contributed by atoms with Gasteiger partial charge in [-0.2, -0.15) is 9.97 Å². The molecule has 3 aromatic carbocycles. The van der Waals surface area contributed by atoms with Crippen LogP contribution in [-0.2, 0) is 4.74 Å². The molecule has 5 atom stereocenters. The first-order chi connectivity index (χ1) is 21.4. The number of phenolic OH excluding ortho intramolecular Hbond substituents is 1. The molecule has 4 bridgehead atoms. The van der Waals surface area contributed by atoms with E-state index in [1.54, 1.807) is 18.2 Å². The van der Waals surface area contributed by atoms with Crippen molar-refractivity contribution >= 4 is 39.1 Å². The number of benzene rings is 3. The van der Waals surface area contributed by atoms with Gasteiger partial charge in [0.05, 0.1) is 24.8 Å². The van der Waals surface area contributed by atoms with Gasteiger partial charge in [-0.25, -0.2) is 4.39 Å². The summed E-state index contributed by atoms with van der Waals surface area (Å²) in [5.74, 6) is 0.377. The molecule has 4 aromatic rings. The molecule has 0 radical (unpaired) electrons. The van der Waals surface area contributed by atoms with Gasteiger partial charge in [-0.15, -0.1) is 0 Å². The van der Waals surface area contributed by atoms with Crippen molar-refractivity contribution in [2.75, 3.05) is 44.4 Å². The molecule has 4 aliphatic heterocycles. The molecular formula is C34H37ClFN5O3. The summed E-state index contributed by atoms with van der Waals surface area (Å²) in [5.41, 5.74) is 0.890. The lowest BCUT2D eigenvalue weighted by Gasteiger charge is -2.36. The van der Waals surface area contributed by atoms with E-state index < -0.39 is 5.82 Å². The second kappa shape index (κ2) is 11.3. The molecule has 2 N–H and O–H groups in total. The molecule has 10 heteroatoms. The summed E-state index contributed by atoms with van der Waals surface area (Å²) in [4.78, 5) is 14.4. The Bertz CT molecular complexity index is 1710. The van der Waals surface area contributed by atoms with Gasteiger partial charge in [-0.3, -0.25) is 4.90 Å². The maximum Gasteiger partial charge on any atom is 0.319 e. The number of hydrogen-bond acceptors (Lipinski definition) is 8. The predicted octanol–water partition coefficient (Wildman–Crippen LogP) is 5.77. The molecule has 1 aromatic heterocycles. The van der Waals surface area contributed by atoms with Crippen molar-refractivity contribution in [2.24, 2.45) is 5.92 Å².